The minimum absolute atomic E-state index is 0.0657. The van der Waals surface area contributed by atoms with Crippen molar-refractivity contribution >= 4 is 5.97 Å². The molecule has 3 aliphatic rings. The summed E-state index contributed by atoms with van der Waals surface area (Å²) in [6.45, 7) is 0.508. The number of carbonyl (C=O) groups excluding carboxylic acids is 1. The Hall–Kier alpha value is -3.30. The van der Waals surface area contributed by atoms with Crippen LogP contribution in [0.2, 0.25) is 0 Å². The van der Waals surface area contributed by atoms with E-state index in [4.69, 9.17) is 14.8 Å². The summed E-state index contributed by atoms with van der Waals surface area (Å²) in [5.74, 6) is 1.23. The van der Waals surface area contributed by atoms with Gasteiger partial charge in [-0.05, 0) is 63.0 Å². The first-order valence-electron chi connectivity index (χ1n) is 12.8. The molecule has 0 amide bonds. The number of rotatable bonds is 9. The quantitative estimate of drug-likeness (QED) is 0.338. The normalized spacial score (nSPS) is 18.5. The maximum Gasteiger partial charge on any atom is 0.358 e. The van der Waals surface area contributed by atoms with Crippen LogP contribution in [0.3, 0.4) is 0 Å². The second-order valence-corrected chi connectivity index (χ2v) is 10.2. The molecule has 3 aliphatic carbocycles. The summed E-state index contributed by atoms with van der Waals surface area (Å²) in [6, 6.07) is 3.68. The Kier molecular flexibility index (Phi) is 5.95. The predicted octanol–water partition coefficient (Wildman–Crippen LogP) is 3.76. The molecule has 0 aromatic carbocycles. The Morgan fingerprint density at radius 2 is 1.86 bits per heavy atom. The largest absolute Gasteiger partial charge is 0.358 e. The van der Waals surface area contributed by atoms with E-state index in [1.807, 2.05) is 30.1 Å². The van der Waals surface area contributed by atoms with Crippen molar-refractivity contribution in [3.63, 3.8) is 0 Å². The molecular weight excluding hydrogens is 446 g/mol. The van der Waals surface area contributed by atoms with E-state index in [1.165, 1.54) is 19.3 Å². The molecule has 0 radical (unpaired) electrons. The molecule has 3 saturated carbocycles. The van der Waals surface area contributed by atoms with Crippen LogP contribution in [-0.4, -0.2) is 40.9 Å². The zero-order chi connectivity index (χ0) is 23.8. The van der Waals surface area contributed by atoms with Crippen molar-refractivity contribution in [1.29, 1.82) is 0 Å². The first-order chi connectivity index (χ1) is 17.1. The lowest BCUT2D eigenvalue weighted by Crippen LogP contribution is -2.22. The van der Waals surface area contributed by atoms with Gasteiger partial charge in [0, 0.05) is 19.2 Å². The van der Waals surface area contributed by atoms with Gasteiger partial charge in [0.1, 0.15) is 5.69 Å². The van der Waals surface area contributed by atoms with Crippen LogP contribution in [0.5, 0.6) is 5.75 Å². The Morgan fingerprint density at radius 3 is 2.63 bits per heavy atom. The highest BCUT2D eigenvalue weighted by atomic mass is 17.2. The monoisotopic (exact) mass is 477 g/mol. The third-order valence-electron chi connectivity index (χ3n) is 7.28. The van der Waals surface area contributed by atoms with Crippen molar-refractivity contribution in [2.75, 3.05) is 0 Å². The summed E-state index contributed by atoms with van der Waals surface area (Å²) in [5, 5.41) is 17.3. The van der Waals surface area contributed by atoms with Crippen molar-refractivity contribution in [2.45, 2.75) is 76.7 Å². The van der Waals surface area contributed by atoms with Crippen molar-refractivity contribution in [3.8, 4) is 17.1 Å². The lowest BCUT2D eigenvalue weighted by atomic mass is 9.89. The van der Waals surface area contributed by atoms with Gasteiger partial charge in [0.25, 0.3) is 0 Å². The smallest absolute Gasteiger partial charge is 0.285 e. The van der Waals surface area contributed by atoms with Gasteiger partial charge < -0.3 is 0 Å². The van der Waals surface area contributed by atoms with E-state index in [1.54, 1.807) is 4.68 Å². The average molecular weight is 478 g/mol. The molecular formula is C25H31N7O3. The van der Waals surface area contributed by atoms with Crippen LogP contribution in [0.1, 0.15) is 80.8 Å². The van der Waals surface area contributed by atoms with Crippen LogP contribution in [0, 0.1) is 11.8 Å². The summed E-state index contributed by atoms with van der Waals surface area (Å²) in [7, 11) is 1.87. The fraction of sp³-hybridized carbons (Fsp3) is 0.600. The number of pyridine rings is 1. The zero-order valence-electron chi connectivity index (χ0n) is 20.1. The van der Waals surface area contributed by atoms with Crippen LogP contribution in [0.25, 0.3) is 11.4 Å². The fourth-order valence-corrected chi connectivity index (χ4v) is 4.84. The van der Waals surface area contributed by atoms with Gasteiger partial charge in [0.15, 0.2) is 0 Å². The Balaban J connectivity index is 1.19. The molecule has 3 aromatic heterocycles. The number of hydrogen-bond donors (Lipinski definition) is 0. The van der Waals surface area contributed by atoms with E-state index in [2.05, 4.69) is 20.6 Å². The number of aromatic nitrogens is 7. The van der Waals surface area contributed by atoms with Gasteiger partial charge in [-0.15, -0.1) is 10.2 Å². The van der Waals surface area contributed by atoms with E-state index in [0.29, 0.717) is 23.9 Å². The third-order valence-corrected chi connectivity index (χ3v) is 7.28. The second kappa shape index (κ2) is 9.39. The van der Waals surface area contributed by atoms with Gasteiger partial charge in [-0.1, -0.05) is 29.7 Å². The summed E-state index contributed by atoms with van der Waals surface area (Å²) in [5.41, 5.74) is 4.17. The van der Waals surface area contributed by atoms with E-state index < -0.39 is 0 Å². The fourth-order valence-electron chi connectivity index (χ4n) is 4.84. The van der Waals surface area contributed by atoms with Crippen LogP contribution in [-0.2, 0) is 29.7 Å². The second-order valence-electron chi connectivity index (χ2n) is 10.2. The van der Waals surface area contributed by atoms with Gasteiger partial charge in [0.05, 0.1) is 35.2 Å². The lowest BCUT2D eigenvalue weighted by Gasteiger charge is -2.19. The molecule has 0 saturated heterocycles. The minimum Gasteiger partial charge on any atom is -0.285 e. The molecule has 0 atom stereocenters. The van der Waals surface area contributed by atoms with Crippen molar-refractivity contribution < 1.29 is 14.6 Å². The van der Waals surface area contributed by atoms with E-state index >= 15 is 0 Å². The standard InChI is InChI=1S/C25H31N7O3/c1-31-21(15-32-14-19(27-30-32)13-16-7-8-16)24(28-29-31)20-11-12-22(23(26-20)17-9-10-17)34-35-25(33)18-5-3-2-4-6-18/h11-12,14,16-18H,2-10,13,15H2,1H3. The Labute approximate surface area is 203 Å². The molecule has 3 fully saturated rings. The summed E-state index contributed by atoms with van der Waals surface area (Å²) < 4.78 is 3.59. The third kappa shape index (κ3) is 5.06. The molecule has 0 aliphatic heterocycles. The van der Waals surface area contributed by atoms with Crippen LogP contribution < -0.4 is 4.89 Å². The average Bonchev–Trinajstić information content (AvgIpc) is 3.81. The van der Waals surface area contributed by atoms with E-state index in [9.17, 15) is 4.79 Å². The molecule has 35 heavy (non-hydrogen) atoms. The topological polar surface area (TPSA) is 110 Å². The molecule has 0 N–H and O–H groups in total. The lowest BCUT2D eigenvalue weighted by molar-refractivity contribution is -0.220. The predicted molar refractivity (Wildman–Crippen MR) is 125 cm³/mol. The van der Waals surface area contributed by atoms with Crippen LogP contribution in [0.15, 0.2) is 18.3 Å². The SMILES string of the molecule is Cn1nnc(-c2ccc(OOC(=O)C3CCCCC3)c(C3CC3)n2)c1Cn1cc(CC2CC2)nn1. The molecule has 3 heterocycles. The number of aryl methyl sites for hydroxylation is 1. The van der Waals surface area contributed by atoms with Gasteiger partial charge in [-0.25, -0.2) is 19.1 Å². The summed E-state index contributed by atoms with van der Waals surface area (Å²) in [6.07, 6.45) is 12.7. The van der Waals surface area contributed by atoms with Gasteiger partial charge in [-0.2, -0.15) is 0 Å². The van der Waals surface area contributed by atoms with E-state index in [-0.39, 0.29) is 11.9 Å². The molecule has 10 nitrogen and oxygen atoms in total. The maximum atomic E-state index is 12.4. The first kappa shape index (κ1) is 22.2. The number of nitrogens with zero attached hydrogens (tertiary/aromatic N) is 7. The van der Waals surface area contributed by atoms with Gasteiger partial charge in [-0.3, -0.25) is 9.78 Å². The van der Waals surface area contributed by atoms with Crippen molar-refractivity contribution in [3.05, 3.63) is 35.4 Å². The van der Waals surface area contributed by atoms with Gasteiger partial charge in [0.2, 0.25) is 5.75 Å². The Morgan fingerprint density at radius 1 is 1.03 bits per heavy atom. The number of hydrogen-bond acceptors (Lipinski definition) is 8. The van der Waals surface area contributed by atoms with Gasteiger partial charge >= 0.3 is 5.97 Å². The maximum absolute atomic E-state index is 12.4. The van der Waals surface area contributed by atoms with Crippen molar-refractivity contribution in [2.24, 2.45) is 18.9 Å². The summed E-state index contributed by atoms with van der Waals surface area (Å²) >= 11 is 0. The Bertz CT molecular complexity index is 1210. The molecule has 3 aromatic rings. The molecule has 184 valence electrons. The van der Waals surface area contributed by atoms with E-state index in [0.717, 1.165) is 73.6 Å². The molecule has 10 heteroatoms. The molecule has 0 unspecified atom stereocenters. The first-order valence-corrected chi connectivity index (χ1v) is 12.8. The number of carbonyl (C=O) groups is 1. The molecule has 6 rings (SSSR count). The zero-order valence-corrected chi connectivity index (χ0v) is 20.1. The highest BCUT2D eigenvalue weighted by Gasteiger charge is 2.31. The molecule has 0 spiro atoms. The highest BCUT2D eigenvalue weighted by molar-refractivity contribution is 5.72. The highest BCUT2D eigenvalue weighted by Crippen LogP contribution is 2.44. The van der Waals surface area contributed by atoms with Crippen LogP contribution >= 0.6 is 0 Å². The summed E-state index contributed by atoms with van der Waals surface area (Å²) in [4.78, 5) is 28.1. The molecule has 0 bridgehead atoms. The van der Waals surface area contributed by atoms with Crippen molar-refractivity contribution in [1.82, 2.24) is 35.0 Å². The van der Waals surface area contributed by atoms with Crippen LogP contribution in [0.4, 0.5) is 0 Å². The minimum atomic E-state index is -0.277.